The lowest BCUT2D eigenvalue weighted by Crippen LogP contribution is -2.53. The SMILES string of the molecule is CCOc1ccccc1[C@@H]1C2=C(CNC2=O)N[C@@H]2CCCC[C@H]2N1C(=O)CCc1nccs1. The van der Waals surface area contributed by atoms with Crippen LogP contribution in [0.4, 0.5) is 0 Å². The second-order valence-electron chi connectivity index (χ2n) is 8.78. The summed E-state index contributed by atoms with van der Waals surface area (Å²) in [5.74, 6) is 0.683. The van der Waals surface area contributed by atoms with Gasteiger partial charge in [-0.15, -0.1) is 11.3 Å². The van der Waals surface area contributed by atoms with Crippen molar-refractivity contribution in [3.63, 3.8) is 0 Å². The lowest BCUT2D eigenvalue weighted by atomic mass is 9.87. The molecule has 0 saturated heterocycles. The van der Waals surface area contributed by atoms with Crippen LogP contribution in [0.5, 0.6) is 5.75 Å². The molecule has 1 aromatic carbocycles. The number of carbonyl (C=O) groups excluding carboxylic acids is 2. The van der Waals surface area contributed by atoms with Crippen molar-refractivity contribution in [1.82, 2.24) is 20.5 Å². The molecule has 8 heteroatoms. The van der Waals surface area contributed by atoms with E-state index in [0.29, 0.717) is 31.6 Å². The molecular weight excluding hydrogens is 436 g/mol. The lowest BCUT2D eigenvalue weighted by Gasteiger charge is -2.43. The normalized spacial score (nSPS) is 24.5. The number of hydrogen-bond acceptors (Lipinski definition) is 6. The Hall–Kier alpha value is -2.87. The Kier molecular flexibility index (Phi) is 6.35. The zero-order valence-corrected chi connectivity index (χ0v) is 19.7. The first-order chi connectivity index (χ1) is 16.2. The van der Waals surface area contributed by atoms with Crippen molar-refractivity contribution in [2.24, 2.45) is 0 Å². The van der Waals surface area contributed by atoms with Crippen molar-refractivity contribution in [3.8, 4) is 5.75 Å². The topological polar surface area (TPSA) is 83.6 Å². The van der Waals surface area contributed by atoms with Gasteiger partial charge in [-0.3, -0.25) is 9.59 Å². The van der Waals surface area contributed by atoms with E-state index in [0.717, 1.165) is 47.7 Å². The Morgan fingerprint density at radius 3 is 2.94 bits per heavy atom. The molecule has 2 aromatic rings. The van der Waals surface area contributed by atoms with Gasteiger partial charge in [0.05, 0.1) is 35.8 Å². The van der Waals surface area contributed by atoms with Gasteiger partial charge in [0.15, 0.2) is 0 Å². The molecule has 5 rings (SSSR count). The Bertz CT molecular complexity index is 1050. The molecule has 33 heavy (non-hydrogen) atoms. The van der Waals surface area contributed by atoms with Gasteiger partial charge in [0.1, 0.15) is 5.75 Å². The van der Waals surface area contributed by atoms with Crippen LogP contribution in [0.3, 0.4) is 0 Å². The number of hydrogen-bond donors (Lipinski definition) is 2. The van der Waals surface area contributed by atoms with Gasteiger partial charge in [-0.05, 0) is 25.8 Å². The van der Waals surface area contributed by atoms with Crippen LogP contribution in [0.15, 0.2) is 47.1 Å². The first-order valence-corrected chi connectivity index (χ1v) is 12.7. The number of nitrogens with zero attached hydrogens (tertiary/aromatic N) is 2. The highest BCUT2D eigenvalue weighted by Gasteiger charge is 2.46. The minimum absolute atomic E-state index is 0.0284. The summed E-state index contributed by atoms with van der Waals surface area (Å²) in [6, 6.07) is 7.52. The van der Waals surface area contributed by atoms with Gasteiger partial charge in [0, 0.05) is 41.7 Å². The molecule has 3 aliphatic rings. The highest BCUT2D eigenvalue weighted by Crippen LogP contribution is 2.43. The predicted octanol–water partition coefficient (Wildman–Crippen LogP) is 3.34. The van der Waals surface area contributed by atoms with Gasteiger partial charge in [0.2, 0.25) is 5.91 Å². The van der Waals surface area contributed by atoms with Crippen LogP contribution in [0.1, 0.15) is 55.6 Å². The lowest BCUT2D eigenvalue weighted by molar-refractivity contribution is -0.137. The van der Waals surface area contributed by atoms with Crippen molar-refractivity contribution in [3.05, 3.63) is 57.7 Å². The fraction of sp³-hybridized carbons (Fsp3) is 0.480. The summed E-state index contributed by atoms with van der Waals surface area (Å²) < 4.78 is 5.98. The molecule has 2 aliphatic heterocycles. The van der Waals surface area contributed by atoms with E-state index < -0.39 is 6.04 Å². The van der Waals surface area contributed by atoms with E-state index in [-0.39, 0.29) is 23.9 Å². The molecular formula is C25H30N4O3S. The highest BCUT2D eigenvalue weighted by atomic mass is 32.1. The molecule has 2 N–H and O–H groups in total. The summed E-state index contributed by atoms with van der Waals surface area (Å²) in [5.41, 5.74) is 2.45. The molecule has 1 saturated carbocycles. The fourth-order valence-electron chi connectivity index (χ4n) is 5.43. The first-order valence-electron chi connectivity index (χ1n) is 11.9. The molecule has 0 bridgehead atoms. The van der Waals surface area contributed by atoms with Crippen molar-refractivity contribution in [2.75, 3.05) is 13.2 Å². The number of aryl methyl sites for hydroxylation is 1. The van der Waals surface area contributed by atoms with Gasteiger partial charge >= 0.3 is 0 Å². The Morgan fingerprint density at radius 1 is 1.27 bits per heavy atom. The van der Waals surface area contributed by atoms with E-state index in [4.69, 9.17) is 4.74 Å². The molecule has 1 aromatic heterocycles. The maximum atomic E-state index is 13.9. The largest absolute Gasteiger partial charge is 0.494 e. The third kappa shape index (κ3) is 4.24. The van der Waals surface area contributed by atoms with E-state index in [2.05, 4.69) is 15.6 Å². The van der Waals surface area contributed by atoms with Crippen LogP contribution in [-0.2, 0) is 16.0 Å². The average molecular weight is 467 g/mol. The molecule has 7 nitrogen and oxygen atoms in total. The zero-order valence-electron chi connectivity index (χ0n) is 18.9. The van der Waals surface area contributed by atoms with E-state index in [1.807, 2.05) is 41.5 Å². The number of rotatable bonds is 6. The van der Waals surface area contributed by atoms with Crippen molar-refractivity contribution in [2.45, 2.75) is 63.6 Å². The molecule has 0 unspecified atom stereocenters. The summed E-state index contributed by atoms with van der Waals surface area (Å²) in [5, 5.41) is 9.55. The van der Waals surface area contributed by atoms with E-state index >= 15 is 0 Å². The van der Waals surface area contributed by atoms with Gasteiger partial charge in [-0.1, -0.05) is 31.0 Å². The predicted molar refractivity (Wildman–Crippen MR) is 127 cm³/mol. The summed E-state index contributed by atoms with van der Waals surface area (Å²) >= 11 is 1.57. The molecule has 0 radical (unpaired) electrons. The molecule has 1 aliphatic carbocycles. The van der Waals surface area contributed by atoms with Crippen LogP contribution in [0.2, 0.25) is 0 Å². The van der Waals surface area contributed by atoms with Gasteiger partial charge < -0.3 is 20.3 Å². The van der Waals surface area contributed by atoms with E-state index in [1.54, 1.807) is 17.5 Å². The number of aromatic nitrogens is 1. The Morgan fingerprint density at radius 2 is 2.12 bits per heavy atom. The molecule has 0 spiro atoms. The smallest absolute Gasteiger partial charge is 0.251 e. The number of amides is 2. The Labute approximate surface area is 198 Å². The van der Waals surface area contributed by atoms with Crippen LogP contribution in [-0.4, -0.2) is 46.9 Å². The number of nitrogens with one attached hydrogen (secondary N) is 2. The van der Waals surface area contributed by atoms with Gasteiger partial charge in [-0.2, -0.15) is 0 Å². The highest BCUT2D eigenvalue weighted by molar-refractivity contribution is 7.09. The van der Waals surface area contributed by atoms with Crippen LogP contribution >= 0.6 is 11.3 Å². The number of para-hydroxylation sites is 1. The molecule has 3 heterocycles. The van der Waals surface area contributed by atoms with E-state index in [9.17, 15) is 9.59 Å². The van der Waals surface area contributed by atoms with Crippen molar-refractivity contribution < 1.29 is 14.3 Å². The molecule has 2 amide bonds. The fourth-order valence-corrected chi connectivity index (χ4v) is 6.05. The second kappa shape index (κ2) is 9.55. The summed E-state index contributed by atoms with van der Waals surface area (Å²) in [6.07, 6.45) is 6.87. The number of carbonyl (C=O) groups is 2. The molecule has 1 fully saturated rings. The van der Waals surface area contributed by atoms with E-state index in [1.165, 1.54) is 0 Å². The van der Waals surface area contributed by atoms with Crippen molar-refractivity contribution >= 4 is 23.2 Å². The van der Waals surface area contributed by atoms with Crippen LogP contribution in [0, 0.1) is 0 Å². The van der Waals surface area contributed by atoms with Crippen LogP contribution in [0.25, 0.3) is 0 Å². The summed E-state index contributed by atoms with van der Waals surface area (Å²) in [4.78, 5) is 33.4. The minimum atomic E-state index is -0.477. The quantitative estimate of drug-likeness (QED) is 0.682. The monoisotopic (exact) mass is 466 g/mol. The number of ether oxygens (including phenoxy) is 1. The maximum Gasteiger partial charge on any atom is 0.251 e. The second-order valence-corrected chi connectivity index (χ2v) is 9.76. The number of benzene rings is 1. The van der Waals surface area contributed by atoms with Gasteiger partial charge in [0.25, 0.3) is 5.91 Å². The zero-order chi connectivity index (χ0) is 22.8. The third-order valence-electron chi connectivity index (χ3n) is 6.83. The number of thiazole rings is 1. The summed E-state index contributed by atoms with van der Waals surface area (Å²) in [6.45, 7) is 2.95. The average Bonchev–Trinajstić information content (AvgIpc) is 3.44. The molecule has 174 valence electrons. The minimum Gasteiger partial charge on any atom is -0.494 e. The molecule has 3 atom stereocenters. The third-order valence-corrected chi connectivity index (χ3v) is 7.67. The van der Waals surface area contributed by atoms with Gasteiger partial charge in [-0.25, -0.2) is 4.98 Å². The van der Waals surface area contributed by atoms with Crippen molar-refractivity contribution in [1.29, 1.82) is 0 Å². The maximum absolute atomic E-state index is 13.9. The summed E-state index contributed by atoms with van der Waals surface area (Å²) in [7, 11) is 0. The first kappa shape index (κ1) is 21.9. The number of fused-ring (bicyclic) bond motifs is 1. The Balaban J connectivity index is 1.60. The van der Waals surface area contributed by atoms with Crippen LogP contribution < -0.4 is 15.4 Å². The standard InChI is InChI=1S/C25H30N4O3S/c1-2-32-20-10-6-3-7-16(20)24-23-18(15-27-25(23)31)28-17-8-4-5-9-19(17)29(24)22(30)12-11-21-26-13-14-33-21/h3,6-7,10,13-14,17,19,24,28H,2,4-5,8-9,11-12,15H2,1H3,(H,27,31)/t17-,19-,24-/m1/s1.